The molecule has 0 aliphatic carbocycles. The first-order valence-electron chi connectivity index (χ1n) is 5.07. The van der Waals surface area contributed by atoms with Crippen LogP contribution >= 0.6 is 23.4 Å². The molecule has 1 aliphatic rings. The zero-order valence-corrected chi connectivity index (χ0v) is 10.2. The van der Waals surface area contributed by atoms with E-state index in [2.05, 4.69) is 15.3 Å². The SMILES string of the molecule is Cc1nc(Cl)cc(NCC2CCSC2)n1. The normalized spacial score (nSPS) is 20.5. The van der Waals surface area contributed by atoms with Gasteiger partial charge in [-0.3, -0.25) is 0 Å². The molecule has 15 heavy (non-hydrogen) atoms. The van der Waals surface area contributed by atoms with E-state index in [0.717, 1.165) is 18.3 Å². The van der Waals surface area contributed by atoms with Crippen molar-refractivity contribution in [3.05, 3.63) is 17.0 Å². The van der Waals surface area contributed by atoms with Crippen LogP contribution < -0.4 is 5.32 Å². The molecule has 1 aliphatic heterocycles. The van der Waals surface area contributed by atoms with Gasteiger partial charge >= 0.3 is 0 Å². The van der Waals surface area contributed by atoms with Crippen LogP contribution in [0.3, 0.4) is 0 Å². The highest BCUT2D eigenvalue weighted by Crippen LogP contribution is 2.23. The smallest absolute Gasteiger partial charge is 0.134 e. The second-order valence-corrected chi connectivity index (χ2v) is 5.27. The Morgan fingerprint density at radius 1 is 1.60 bits per heavy atom. The van der Waals surface area contributed by atoms with Crippen LogP contribution in [-0.4, -0.2) is 28.0 Å². The molecule has 0 radical (unpaired) electrons. The van der Waals surface area contributed by atoms with Crippen molar-refractivity contribution in [2.24, 2.45) is 5.92 Å². The fourth-order valence-electron chi connectivity index (χ4n) is 1.62. The van der Waals surface area contributed by atoms with Gasteiger partial charge in [0.1, 0.15) is 16.8 Å². The Kier molecular flexibility index (Phi) is 3.70. The second-order valence-electron chi connectivity index (χ2n) is 3.73. The summed E-state index contributed by atoms with van der Waals surface area (Å²) in [4.78, 5) is 8.31. The molecular weight excluding hydrogens is 230 g/mol. The van der Waals surface area contributed by atoms with Crippen molar-refractivity contribution in [3.63, 3.8) is 0 Å². The monoisotopic (exact) mass is 243 g/mol. The van der Waals surface area contributed by atoms with Crippen LogP contribution in [0, 0.1) is 12.8 Å². The van der Waals surface area contributed by atoms with Crippen molar-refractivity contribution >= 4 is 29.2 Å². The number of rotatable bonds is 3. The molecular formula is C10H14ClN3S. The van der Waals surface area contributed by atoms with E-state index in [9.17, 15) is 0 Å². The van der Waals surface area contributed by atoms with E-state index in [1.165, 1.54) is 17.9 Å². The number of thioether (sulfide) groups is 1. The Labute approximate surface area is 99.0 Å². The van der Waals surface area contributed by atoms with Gasteiger partial charge in [0, 0.05) is 12.6 Å². The number of aryl methyl sites for hydroxylation is 1. The summed E-state index contributed by atoms with van der Waals surface area (Å²) in [5, 5.41) is 3.82. The van der Waals surface area contributed by atoms with E-state index in [1.54, 1.807) is 6.07 Å². The molecule has 1 aromatic heterocycles. The minimum atomic E-state index is 0.505. The lowest BCUT2D eigenvalue weighted by Gasteiger charge is -2.10. The van der Waals surface area contributed by atoms with Gasteiger partial charge in [-0.25, -0.2) is 9.97 Å². The Hall–Kier alpha value is -0.480. The number of anilines is 1. The summed E-state index contributed by atoms with van der Waals surface area (Å²) in [7, 11) is 0. The van der Waals surface area contributed by atoms with Gasteiger partial charge in [-0.2, -0.15) is 11.8 Å². The predicted molar refractivity (Wildman–Crippen MR) is 65.7 cm³/mol. The van der Waals surface area contributed by atoms with Crippen molar-refractivity contribution < 1.29 is 0 Å². The number of aromatic nitrogens is 2. The van der Waals surface area contributed by atoms with Crippen molar-refractivity contribution in [2.75, 3.05) is 23.4 Å². The summed E-state index contributed by atoms with van der Waals surface area (Å²) >= 11 is 7.88. The third kappa shape index (κ3) is 3.24. The quantitative estimate of drug-likeness (QED) is 0.829. The summed E-state index contributed by atoms with van der Waals surface area (Å²) in [5.74, 6) is 4.86. The number of nitrogens with one attached hydrogen (secondary N) is 1. The maximum atomic E-state index is 5.85. The fourth-order valence-corrected chi connectivity index (χ4v) is 3.13. The van der Waals surface area contributed by atoms with Gasteiger partial charge in [0.2, 0.25) is 0 Å². The Morgan fingerprint density at radius 2 is 2.47 bits per heavy atom. The van der Waals surface area contributed by atoms with Crippen LogP contribution in [0.1, 0.15) is 12.2 Å². The minimum absolute atomic E-state index is 0.505. The molecule has 1 atom stereocenters. The number of nitrogens with zero attached hydrogens (tertiary/aromatic N) is 2. The molecule has 0 amide bonds. The summed E-state index contributed by atoms with van der Waals surface area (Å²) < 4.78 is 0. The highest BCUT2D eigenvalue weighted by atomic mass is 35.5. The van der Waals surface area contributed by atoms with Crippen LogP contribution in [0.5, 0.6) is 0 Å². The van der Waals surface area contributed by atoms with Crippen molar-refractivity contribution in [3.8, 4) is 0 Å². The van der Waals surface area contributed by atoms with Crippen LogP contribution in [-0.2, 0) is 0 Å². The van der Waals surface area contributed by atoms with Gasteiger partial charge in [0.05, 0.1) is 0 Å². The third-order valence-electron chi connectivity index (χ3n) is 2.40. The third-order valence-corrected chi connectivity index (χ3v) is 3.83. The molecule has 2 heterocycles. The Balaban J connectivity index is 1.92. The highest BCUT2D eigenvalue weighted by molar-refractivity contribution is 7.99. The molecule has 1 saturated heterocycles. The molecule has 1 unspecified atom stereocenters. The molecule has 0 aromatic carbocycles. The molecule has 82 valence electrons. The van der Waals surface area contributed by atoms with E-state index in [1.807, 2.05) is 18.7 Å². The minimum Gasteiger partial charge on any atom is -0.370 e. The van der Waals surface area contributed by atoms with Crippen LogP contribution in [0.15, 0.2) is 6.07 Å². The average molecular weight is 244 g/mol. The summed E-state index contributed by atoms with van der Waals surface area (Å²) in [6.45, 7) is 2.84. The number of hydrogen-bond donors (Lipinski definition) is 1. The average Bonchev–Trinajstić information content (AvgIpc) is 2.65. The Morgan fingerprint density at radius 3 is 3.13 bits per heavy atom. The van der Waals surface area contributed by atoms with E-state index >= 15 is 0 Å². The zero-order chi connectivity index (χ0) is 10.7. The van der Waals surface area contributed by atoms with Gasteiger partial charge in [-0.1, -0.05) is 11.6 Å². The molecule has 1 N–H and O–H groups in total. The predicted octanol–water partition coefficient (Wildman–Crippen LogP) is 2.60. The summed E-state index contributed by atoms with van der Waals surface area (Å²) in [6.07, 6.45) is 1.30. The lowest BCUT2D eigenvalue weighted by molar-refractivity contribution is 0.630. The molecule has 0 bridgehead atoms. The topological polar surface area (TPSA) is 37.8 Å². The molecule has 2 rings (SSSR count). The first-order valence-corrected chi connectivity index (χ1v) is 6.60. The molecule has 5 heteroatoms. The summed E-state index contributed by atoms with van der Waals surface area (Å²) in [6, 6.07) is 1.77. The molecule has 0 spiro atoms. The summed E-state index contributed by atoms with van der Waals surface area (Å²) in [5.41, 5.74) is 0. The van der Waals surface area contributed by atoms with E-state index in [-0.39, 0.29) is 0 Å². The zero-order valence-electron chi connectivity index (χ0n) is 8.66. The first-order chi connectivity index (χ1) is 7.24. The number of hydrogen-bond acceptors (Lipinski definition) is 4. The van der Waals surface area contributed by atoms with Crippen LogP contribution in [0.2, 0.25) is 5.15 Å². The Bertz CT molecular complexity index is 319. The van der Waals surface area contributed by atoms with Crippen molar-refractivity contribution in [2.45, 2.75) is 13.3 Å². The number of halogens is 1. The van der Waals surface area contributed by atoms with E-state index < -0.39 is 0 Å². The first kappa shape index (κ1) is 11.0. The van der Waals surface area contributed by atoms with Gasteiger partial charge < -0.3 is 5.32 Å². The van der Waals surface area contributed by atoms with Crippen molar-refractivity contribution in [1.29, 1.82) is 0 Å². The maximum absolute atomic E-state index is 5.85. The van der Waals surface area contributed by atoms with E-state index in [4.69, 9.17) is 11.6 Å². The lowest BCUT2D eigenvalue weighted by Crippen LogP contribution is -2.14. The second kappa shape index (κ2) is 5.03. The fraction of sp³-hybridized carbons (Fsp3) is 0.600. The van der Waals surface area contributed by atoms with Gasteiger partial charge in [0.25, 0.3) is 0 Å². The maximum Gasteiger partial charge on any atom is 0.134 e. The van der Waals surface area contributed by atoms with Gasteiger partial charge in [-0.15, -0.1) is 0 Å². The van der Waals surface area contributed by atoms with Crippen LogP contribution in [0.4, 0.5) is 5.82 Å². The van der Waals surface area contributed by atoms with E-state index in [0.29, 0.717) is 11.0 Å². The van der Waals surface area contributed by atoms with Gasteiger partial charge in [-0.05, 0) is 30.8 Å². The van der Waals surface area contributed by atoms with Crippen molar-refractivity contribution in [1.82, 2.24) is 9.97 Å². The van der Waals surface area contributed by atoms with Crippen LogP contribution in [0.25, 0.3) is 0 Å². The largest absolute Gasteiger partial charge is 0.370 e. The molecule has 1 fully saturated rings. The van der Waals surface area contributed by atoms with Gasteiger partial charge in [0.15, 0.2) is 0 Å². The lowest BCUT2D eigenvalue weighted by atomic mass is 10.1. The standard InChI is InChI=1S/C10H14ClN3S/c1-7-13-9(11)4-10(14-7)12-5-8-2-3-15-6-8/h4,8H,2-3,5-6H2,1H3,(H,12,13,14). The molecule has 3 nitrogen and oxygen atoms in total. The highest BCUT2D eigenvalue weighted by Gasteiger charge is 2.15. The molecule has 0 saturated carbocycles. The molecule has 1 aromatic rings.